The Kier molecular flexibility index (Phi) is 4.06. The number of hydrogen-bond donors (Lipinski definition) is 2. The van der Waals surface area contributed by atoms with Gasteiger partial charge in [0.05, 0.1) is 0 Å². The lowest BCUT2D eigenvalue weighted by Crippen LogP contribution is -2.38. The number of nitrogens with two attached hydrogens (primary N) is 1. The molecular formula is C4H6N4O4. The van der Waals surface area contributed by atoms with Crippen LogP contribution in [0, 0.1) is 0 Å². The third kappa shape index (κ3) is 3.99. The van der Waals surface area contributed by atoms with Gasteiger partial charge in [0, 0.05) is 0 Å². The molecule has 8 nitrogen and oxygen atoms in total. The first-order valence-corrected chi connectivity index (χ1v) is 2.67. The Hall–Kier alpha value is -1.92. The number of amides is 1. The molecule has 3 N–H and O–H groups in total. The van der Waals surface area contributed by atoms with Crippen LogP contribution < -0.4 is 5.84 Å². The summed E-state index contributed by atoms with van der Waals surface area (Å²) in [6.07, 6.45) is -0.973. The zero-order valence-electron chi connectivity index (χ0n) is 5.88. The third-order valence-electron chi connectivity index (χ3n) is 0.755. The van der Waals surface area contributed by atoms with E-state index in [1.807, 2.05) is 0 Å². The highest BCUT2D eigenvalue weighted by Crippen LogP contribution is 1.80. The molecule has 0 rings (SSSR count). The number of hydrazine groups is 1. The number of carbonyl (C=O) groups excluding carboxylic acids is 1. The first-order valence-electron chi connectivity index (χ1n) is 2.67. The fraction of sp³-hybridized carbons (Fsp3) is 0.250. The molecule has 0 unspecified atom stereocenters. The molecule has 0 aliphatic carbocycles. The van der Waals surface area contributed by atoms with Crippen LogP contribution in [0.3, 0.4) is 0 Å². The number of carbonyl (C=O) groups is 2. The van der Waals surface area contributed by atoms with Gasteiger partial charge in [0.25, 0.3) is 0 Å². The molecule has 12 heavy (non-hydrogen) atoms. The molecule has 66 valence electrons. The van der Waals surface area contributed by atoms with Gasteiger partial charge in [0.2, 0.25) is 0 Å². The van der Waals surface area contributed by atoms with Crippen molar-refractivity contribution >= 4 is 18.3 Å². The summed E-state index contributed by atoms with van der Waals surface area (Å²) in [6.45, 7) is -0.625. The SMILES string of the molecule is [N-]=[N+]=CC(=O)OCN(N)C(=O)O. The van der Waals surface area contributed by atoms with Gasteiger partial charge >= 0.3 is 18.3 Å². The largest absolute Gasteiger partial charge is 0.464 e. The van der Waals surface area contributed by atoms with E-state index in [2.05, 4.69) is 9.53 Å². The fourth-order valence-electron chi connectivity index (χ4n) is 0.273. The lowest BCUT2D eigenvalue weighted by molar-refractivity contribution is -0.142. The maximum Gasteiger partial charge on any atom is 0.424 e. The van der Waals surface area contributed by atoms with Crippen LogP contribution in [0.25, 0.3) is 5.53 Å². The minimum Gasteiger partial charge on any atom is -0.464 e. The predicted molar refractivity (Wildman–Crippen MR) is 34.7 cm³/mol. The minimum absolute atomic E-state index is 0.253. The first-order chi connectivity index (χ1) is 5.57. The van der Waals surface area contributed by atoms with Gasteiger partial charge in [0.1, 0.15) is 0 Å². The molecule has 0 heterocycles. The van der Waals surface area contributed by atoms with Crippen LogP contribution in [0.4, 0.5) is 4.79 Å². The average Bonchev–Trinajstić information content (AvgIpc) is 2.00. The normalized spacial score (nSPS) is 8.08. The van der Waals surface area contributed by atoms with Crippen molar-refractivity contribution < 1.29 is 24.2 Å². The minimum atomic E-state index is -1.44. The van der Waals surface area contributed by atoms with Gasteiger partial charge in [-0.3, -0.25) is 0 Å². The zero-order chi connectivity index (χ0) is 9.56. The van der Waals surface area contributed by atoms with Crippen LogP contribution in [-0.2, 0) is 9.53 Å². The average molecular weight is 174 g/mol. The van der Waals surface area contributed by atoms with Gasteiger partial charge in [-0.15, -0.1) is 0 Å². The molecule has 0 bridgehead atoms. The third-order valence-corrected chi connectivity index (χ3v) is 0.755. The number of nitrogens with zero attached hydrogens (tertiary/aromatic N) is 3. The quantitative estimate of drug-likeness (QED) is 0.0797. The highest BCUT2D eigenvalue weighted by atomic mass is 16.6. The standard InChI is InChI=1S/C4H6N4O4/c5-7-1-3(9)12-2-8(6)4(10)11/h1H,2,6H2,(H,10,11). The molecule has 0 fully saturated rings. The Morgan fingerprint density at radius 1 is 1.75 bits per heavy atom. The number of rotatable bonds is 3. The number of ether oxygens (including phenoxy) is 1. The first kappa shape index (κ1) is 10.1. The van der Waals surface area contributed by atoms with Crippen molar-refractivity contribution in [1.82, 2.24) is 5.01 Å². The van der Waals surface area contributed by atoms with E-state index >= 15 is 0 Å². The van der Waals surface area contributed by atoms with Gasteiger partial charge < -0.3 is 15.4 Å². The zero-order valence-corrected chi connectivity index (χ0v) is 5.88. The molecule has 0 aliphatic rings. The van der Waals surface area contributed by atoms with Crippen LogP contribution in [0.5, 0.6) is 0 Å². The van der Waals surface area contributed by atoms with E-state index in [0.29, 0.717) is 6.21 Å². The van der Waals surface area contributed by atoms with Crippen LogP contribution in [0.1, 0.15) is 0 Å². The predicted octanol–water partition coefficient (Wildman–Crippen LogP) is -1.36. The number of esters is 1. The topological polar surface area (TPSA) is 129 Å². The van der Waals surface area contributed by atoms with Crippen LogP contribution >= 0.6 is 0 Å². The summed E-state index contributed by atoms with van der Waals surface area (Å²) in [5.41, 5.74) is 7.82. The second kappa shape index (κ2) is 4.83. The Morgan fingerprint density at radius 3 is 2.75 bits per heavy atom. The molecule has 0 radical (unpaired) electrons. The van der Waals surface area contributed by atoms with E-state index in [1.165, 1.54) is 0 Å². The van der Waals surface area contributed by atoms with Crippen molar-refractivity contribution in [2.45, 2.75) is 0 Å². The van der Waals surface area contributed by atoms with E-state index in [-0.39, 0.29) is 5.01 Å². The molecule has 0 saturated carbocycles. The Morgan fingerprint density at radius 2 is 2.33 bits per heavy atom. The second-order valence-corrected chi connectivity index (χ2v) is 1.59. The van der Waals surface area contributed by atoms with Crippen LogP contribution in [0.15, 0.2) is 0 Å². The summed E-state index contributed by atoms with van der Waals surface area (Å²) in [6, 6.07) is 0. The molecule has 8 heteroatoms. The van der Waals surface area contributed by atoms with Gasteiger partial charge in [-0.1, -0.05) is 0 Å². The second-order valence-electron chi connectivity index (χ2n) is 1.59. The van der Waals surface area contributed by atoms with Crippen LogP contribution in [0.2, 0.25) is 0 Å². The summed E-state index contributed by atoms with van der Waals surface area (Å²) in [7, 11) is 0. The van der Waals surface area contributed by atoms with Gasteiger partial charge in [-0.05, 0) is 0 Å². The monoisotopic (exact) mass is 174 g/mol. The van der Waals surface area contributed by atoms with E-state index in [4.69, 9.17) is 16.5 Å². The molecule has 0 saturated heterocycles. The number of hydrogen-bond acceptors (Lipinski definition) is 4. The molecule has 1 amide bonds. The molecule has 0 aromatic rings. The van der Waals surface area contributed by atoms with Crippen molar-refractivity contribution in [3.05, 3.63) is 5.53 Å². The van der Waals surface area contributed by atoms with E-state index in [0.717, 1.165) is 0 Å². The summed E-state index contributed by atoms with van der Waals surface area (Å²) in [4.78, 5) is 22.7. The maximum absolute atomic E-state index is 10.4. The maximum atomic E-state index is 10.4. The molecule has 0 aliphatic heterocycles. The number of carboxylic acid groups (broad SMARTS) is 1. The highest BCUT2D eigenvalue weighted by Gasteiger charge is 2.09. The van der Waals surface area contributed by atoms with E-state index in [1.54, 1.807) is 0 Å². The Bertz CT molecular complexity index is 233. The summed E-state index contributed by atoms with van der Waals surface area (Å²) in [5.74, 6) is 3.82. The Balaban J connectivity index is 3.75. The molecule has 0 aromatic heterocycles. The smallest absolute Gasteiger partial charge is 0.424 e. The van der Waals surface area contributed by atoms with Crippen LogP contribution in [-0.4, -0.2) is 39.9 Å². The van der Waals surface area contributed by atoms with Crippen molar-refractivity contribution in [3.63, 3.8) is 0 Å². The lowest BCUT2D eigenvalue weighted by Gasteiger charge is -2.09. The fourth-order valence-corrected chi connectivity index (χ4v) is 0.273. The molecular weight excluding hydrogens is 168 g/mol. The van der Waals surface area contributed by atoms with Crippen molar-refractivity contribution in [1.29, 1.82) is 0 Å². The van der Waals surface area contributed by atoms with Crippen molar-refractivity contribution in [2.75, 3.05) is 6.73 Å². The van der Waals surface area contributed by atoms with Crippen molar-refractivity contribution in [2.24, 2.45) is 5.84 Å². The summed E-state index contributed by atoms with van der Waals surface area (Å²) >= 11 is 0. The lowest BCUT2D eigenvalue weighted by atomic mass is 10.8. The van der Waals surface area contributed by atoms with E-state index in [9.17, 15) is 9.59 Å². The van der Waals surface area contributed by atoms with Gasteiger partial charge in [0.15, 0.2) is 6.73 Å². The Labute approximate surface area is 66.7 Å². The molecule has 0 atom stereocenters. The van der Waals surface area contributed by atoms with E-state index < -0.39 is 18.8 Å². The highest BCUT2D eigenvalue weighted by molar-refractivity contribution is 6.20. The summed E-state index contributed by atoms with van der Waals surface area (Å²) in [5, 5.41) is 8.40. The van der Waals surface area contributed by atoms with Gasteiger partial charge in [-0.2, -0.15) is 4.79 Å². The summed E-state index contributed by atoms with van der Waals surface area (Å²) < 4.78 is 4.18. The van der Waals surface area contributed by atoms with Crippen molar-refractivity contribution in [3.8, 4) is 0 Å². The van der Waals surface area contributed by atoms with Gasteiger partial charge in [-0.25, -0.2) is 20.4 Å². The molecule has 0 spiro atoms. The molecule has 0 aromatic carbocycles.